The van der Waals surface area contributed by atoms with Gasteiger partial charge in [-0.05, 0) is 0 Å². The molecule has 0 aromatic rings. The predicted molar refractivity (Wildman–Crippen MR) is 51.4 cm³/mol. The molecular weight excluding hydrogens is 190 g/mol. The fraction of sp³-hybridized carbons (Fsp3) is 0.500. The van der Waals surface area contributed by atoms with E-state index in [1.165, 1.54) is 11.8 Å². The molecule has 4 nitrogen and oxygen atoms in total. The summed E-state index contributed by atoms with van der Waals surface area (Å²) in [7, 11) is 0. The summed E-state index contributed by atoms with van der Waals surface area (Å²) in [6.07, 6.45) is 4.53. The molecule has 0 saturated heterocycles. The number of nitrogens with one attached hydrogen (secondary N) is 1. The minimum Gasteiger partial charge on any atom is -0.481 e. The van der Waals surface area contributed by atoms with Crippen molar-refractivity contribution in [1.29, 1.82) is 0 Å². The molecule has 0 aromatic carbocycles. The van der Waals surface area contributed by atoms with E-state index in [9.17, 15) is 9.59 Å². The number of rotatable bonds is 6. The number of carbonyl (C=O) groups excluding carboxylic acids is 1. The zero-order valence-electron chi connectivity index (χ0n) is 7.08. The summed E-state index contributed by atoms with van der Waals surface area (Å²) in [6.45, 7) is 0.457. The van der Waals surface area contributed by atoms with E-state index >= 15 is 0 Å². The largest absolute Gasteiger partial charge is 0.481 e. The van der Waals surface area contributed by atoms with Crippen LogP contribution in [0.3, 0.4) is 0 Å². The van der Waals surface area contributed by atoms with Crippen LogP contribution in [0.25, 0.3) is 0 Å². The molecule has 5 heteroatoms. The van der Waals surface area contributed by atoms with Gasteiger partial charge in [-0.1, -0.05) is 5.92 Å². The molecule has 72 valence electrons. The second kappa shape index (κ2) is 7.50. The van der Waals surface area contributed by atoms with Crippen LogP contribution >= 0.6 is 11.8 Å². The normalized spacial score (nSPS) is 8.85. The van der Waals surface area contributed by atoms with Crippen LogP contribution in [0.2, 0.25) is 0 Å². The Morgan fingerprint density at radius 3 is 2.77 bits per heavy atom. The number of carboxylic acid groups (broad SMARTS) is 1. The van der Waals surface area contributed by atoms with Crippen LogP contribution in [-0.4, -0.2) is 35.0 Å². The molecule has 0 atom stereocenters. The second-order valence-corrected chi connectivity index (χ2v) is 3.28. The summed E-state index contributed by atoms with van der Waals surface area (Å²) in [5.74, 6) is 2.17. The van der Waals surface area contributed by atoms with E-state index in [-0.39, 0.29) is 0 Å². The van der Waals surface area contributed by atoms with Gasteiger partial charge in [0.1, 0.15) is 6.42 Å². The van der Waals surface area contributed by atoms with Crippen LogP contribution in [0.4, 0.5) is 0 Å². The molecule has 0 aliphatic rings. The maximum atomic E-state index is 10.7. The van der Waals surface area contributed by atoms with E-state index in [4.69, 9.17) is 11.5 Å². The lowest BCUT2D eigenvalue weighted by Gasteiger charge is -2.01. The van der Waals surface area contributed by atoms with E-state index in [0.717, 1.165) is 0 Å². The van der Waals surface area contributed by atoms with Gasteiger partial charge >= 0.3 is 5.97 Å². The lowest BCUT2D eigenvalue weighted by molar-refractivity contribution is -0.140. The standard InChI is InChI=1S/C8H11NO3S/c1-2-4-13-5-3-9-7(10)6-8(11)12/h1H,3-6H2,(H,9,10)(H,11,12). The van der Waals surface area contributed by atoms with E-state index in [2.05, 4.69) is 11.2 Å². The molecule has 13 heavy (non-hydrogen) atoms. The molecule has 0 rings (SSSR count). The van der Waals surface area contributed by atoms with Gasteiger partial charge in [0.2, 0.25) is 5.91 Å². The van der Waals surface area contributed by atoms with Crippen molar-refractivity contribution < 1.29 is 14.7 Å². The molecule has 0 bridgehead atoms. The maximum Gasteiger partial charge on any atom is 0.312 e. The third kappa shape index (κ3) is 8.76. The number of hydrogen-bond donors (Lipinski definition) is 2. The quantitative estimate of drug-likeness (QED) is 0.359. The smallest absolute Gasteiger partial charge is 0.312 e. The molecule has 0 radical (unpaired) electrons. The highest BCUT2D eigenvalue weighted by molar-refractivity contribution is 7.99. The molecule has 0 heterocycles. The summed E-state index contributed by atoms with van der Waals surface area (Å²) in [4.78, 5) is 20.8. The summed E-state index contributed by atoms with van der Waals surface area (Å²) < 4.78 is 0. The zero-order valence-corrected chi connectivity index (χ0v) is 7.89. The predicted octanol–water partition coefficient (Wildman–Crippen LogP) is -0.0563. The topological polar surface area (TPSA) is 66.4 Å². The Morgan fingerprint density at radius 2 is 2.23 bits per heavy atom. The lowest BCUT2D eigenvalue weighted by atomic mass is 10.4. The van der Waals surface area contributed by atoms with Crippen molar-refractivity contribution in [3.63, 3.8) is 0 Å². The lowest BCUT2D eigenvalue weighted by Crippen LogP contribution is -2.27. The molecule has 2 N–H and O–H groups in total. The molecule has 0 aliphatic heterocycles. The SMILES string of the molecule is C#CCSCCNC(=O)CC(=O)O. The first-order chi connectivity index (χ1) is 6.16. The van der Waals surface area contributed by atoms with Crippen LogP contribution in [-0.2, 0) is 9.59 Å². The van der Waals surface area contributed by atoms with E-state index in [1.54, 1.807) is 0 Å². The number of terminal acetylenes is 1. The number of carbonyl (C=O) groups is 2. The van der Waals surface area contributed by atoms with Gasteiger partial charge < -0.3 is 10.4 Å². The zero-order chi connectivity index (χ0) is 10.1. The Hall–Kier alpha value is -1.15. The highest BCUT2D eigenvalue weighted by atomic mass is 32.2. The molecule has 0 unspecified atom stereocenters. The highest BCUT2D eigenvalue weighted by Gasteiger charge is 2.05. The van der Waals surface area contributed by atoms with Crippen molar-refractivity contribution in [3.8, 4) is 12.3 Å². The number of hydrogen-bond acceptors (Lipinski definition) is 3. The van der Waals surface area contributed by atoms with Crippen LogP contribution in [0, 0.1) is 12.3 Å². The Labute approximate surface area is 81.1 Å². The molecule has 0 fully saturated rings. The Morgan fingerprint density at radius 1 is 1.54 bits per heavy atom. The average Bonchev–Trinajstić information content (AvgIpc) is 2.02. The van der Waals surface area contributed by atoms with Crippen molar-refractivity contribution in [1.82, 2.24) is 5.32 Å². The summed E-state index contributed by atoms with van der Waals surface area (Å²) >= 11 is 1.52. The van der Waals surface area contributed by atoms with Crippen molar-refractivity contribution in [2.24, 2.45) is 0 Å². The minimum absolute atomic E-state index is 0.457. The second-order valence-electron chi connectivity index (χ2n) is 2.18. The van der Waals surface area contributed by atoms with Crippen molar-refractivity contribution in [2.45, 2.75) is 6.42 Å². The average molecular weight is 201 g/mol. The monoisotopic (exact) mass is 201 g/mol. The summed E-state index contributed by atoms with van der Waals surface area (Å²) in [5.41, 5.74) is 0. The molecule has 0 saturated carbocycles. The molecule has 0 aromatic heterocycles. The molecule has 0 spiro atoms. The first-order valence-corrected chi connectivity index (χ1v) is 4.82. The molecule has 0 aliphatic carbocycles. The molecular formula is C8H11NO3S. The van der Waals surface area contributed by atoms with Gasteiger partial charge in [-0.15, -0.1) is 18.2 Å². The number of carboxylic acids is 1. The Kier molecular flexibility index (Phi) is 6.83. The first-order valence-electron chi connectivity index (χ1n) is 3.66. The third-order valence-corrected chi connectivity index (χ3v) is 1.93. The first kappa shape index (κ1) is 11.8. The van der Waals surface area contributed by atoms with Crippen LogP contribution in [0.15, 0.2) is 0 Å². The van der Waals surface area contributed by atoms with Crippen molar-refractivity contribution >= 4 is 23.6 Å². The van der Waals surface area contributed by atoms with Crippen molar-refractivity contribution in [2.75, 3.05) is 18.1 Å². The van der Waals surface area contributed by atoms with Gasteiger partial charge in [0.05, 0.1) is 5.75 Å². The van der Waals surface area contributed by atoms with Gasteiger partial charge in [-0.2, -0.15) is 0 Å². The van der Waals surface area contributed by atoms with E-state index in [1.807, 2.05) is 0 Å². The van der Waals surface area contributed by atoms with E-state index in [0.29, 0.717) is 18.1 Å². The number of aliphatic carboxylic acids is 1. The minimum atomic E-state index is -1.12. The van der Waals surface area contributed by atoms with Gasteiger partial charge in [0.15, 0.2) is 0 Å². The van der Waals surface area contributed by atoms with E-state index < -0.39 is 18.3 Å². The fourth-order valence-electron chi connectivity index (χ4n) is 0.594. The van der Waals surface area contributed by atoms with Gasteiger partial charge in [0.25, 0.3) is 0 Å². The van der Waals surface area contributed by atoms with Crippen LogP contribution < -0.4 is 5.32 Å². The van der Waals surface area contributed by atoms with Crippen LogP contribution in [0.5, 0.6) is 0 Å². The number of amides is 1. The van der Waals surface area contributed by atoms with Gasteiger partial charge in [-0.25, -0.2) is 0 Å². The Bertz CT molecular complexity index is 222. The third-order valence-electron chi connectivity index (χ3n) is 1.07. The van der Waals surface area contributed by atoms with Gasteiger partial charge in [-0.3, -0.25) is 9.59 Å². The fourth-order valence-corrected chi connectivity index (χ4v) is 1.10. The highest BCUT2D eigenvalue weighted by Crippen LogP contribution is 1.95. The summed E-state index contributed by atoms with van der Waals surface area (Å²) in [6, 6.07) is 0. The molecule has 1 amide bonds. The number of thioether (sulfide) groups is 1. The van der Waals surface area contributed by atoms with Crippen LogP contribution in [0.1, 0.15) is 6.42 Å². The summed E-state index contributed by atoms with van der Waals surface area (Å²) in [5, 5.41) is 10.7. The van der Waals surface area contributed by atoms with Gasteiger partial charge in [0, 0.05) is 12.3 Å². The van der Waals surface area contributed by atoms with Crippen molar-refractivity contribution in [3.05, 3.63) is 0 Å². The maximum absolute atomic E-state index is 10.7. The Balaban J connectivity index is 3.28.